The molecule has 0 heterocycles. The van der Waals surface area contributed by atoms with Gasteiger partial charge in [-0.1, -0.05) is 70.4 Å². The Bertz CT molecular complexity index is 397. The van der Waals surface area contributed by atoms with Gasteiger partial charge in [0.1, 0.15) is 0 Å². The van der Waals surface area contributed by atoms with Crippen LogP contribution in [0.4, 0.5) is 0 Å². The molecule has 0 saturated heterocycles. The summed E-state index contributed by atoms with van der Waals surface area (Å²) in [6, 6.07) is 10.3. The molecule has 2 nitrogen and oxygen atoms in total. The first-order chi connectivity index (χ1) is 10.6. The van der Waals surface area contributed by atoms with Gasteiger partial charge >= 0.3 is 5.97 Å². The van der Waals surface area contributed by atoms with Crippen molar-refractivity contribution in [3.05, 3.63) is 35.9 Å². The summed E-state index contributed by atoms with van der Waals surface area (Å²) in [7, 11) is 0. The quantitative estimate of drug-likeness (QED) is 0.511. The first-order valence-corrected chi connectivity index (χ1v) is 8.77. The largest absolute Gasteiger partial charge is 0.466 e. The molecule has 0 aromatic heterocycles. The van der Waals surface area contributed by atoms with Crippen LogP contribution >= 0.6 is 0 Å². The van der Waals surface area contributed by atoms with Crippen LogP contribution in [-0.4, -0.2) is 12.6 Å². The van der Waals surface area contributed by atoms with E-state index >= 15 is 0 Å². The van der Waals surface area contributed by atoms with E-state index in [4.69, 9.17) is 4.74 Å². The SMILES string of the molecule is CC(C)CCCC(C)CCOC(=O)CCCc1ccccc1. The Kier molecular flexibility index (Phi) is 9.61. The Morgan fingerprint density at radius 3 is 2.41 bits per heavy atom. The highest BCUT2D eigenvalue weighted by atomic mass is 16.5. The average Bonchev–Trinajstić information content (AvgIpc) is 2.48. The lowest BCUT2D eigenvalue weighted by Crippen LogP contribution is -2.09. The van der Waals surface area contributed by atoms with Gasteiger partial charge in [-0.15, -0.1) is 0 Å². The van der Waals surface area contributed by atoms with Crippen molar-refractivity contribution < 1.29 is 9.53 Å². The highest BCUT2D eigenvalue weighted by Gasteiger charge is 2.07. The second kappa shape index (κ2) is 11.3. The lowest BCUT2D eigenvalue weighted by molar-refractivity contribution is -0.144. The summed E-state index contributed by atoms with van der Waals surface area (Å²) in [5.74, 6) is 1.39. The highest BCUT2D eigenvalue weighted by Crippen LogP contribution is 2.15. The third kappa shape index (κ3) is 9.59. The molecule has 0 amide bonds. The molecule has 2 heteroatoms. The fraction of sp³-hybridized carbons (Fsp3) is 0.650. The van der Waals surface area contributed by atoms with Gasteiger partial charge in [-0.3, -0.25) is 4.79 Å². The number of hydrogen-bond acceptors (Lipinski definition) is 2. The van der Waals surface area contributed by atoms with Crippen LogP contribution in [-0.2, 0) is 16.0 Å². The highest BCUT2D eigenvalue weighted by molar-refractivity contribution is 5.69. The molecule has 0 saturated carbocycles. The van der Waals surface area contributed by atoms with Crippen LogP contribution in [0.5, 0.6) is 0 Å². The van der Waals surface area contributed by atoms with Crippen LogP contribution in [0.1, 0.15) is 64.9 Å². The maximum Gasteiger partial charge on any atom is 0.305 e. The normalized spacial score (nSPS) is 12.4. The van der Waals surface area contributed by atoms with Crippen molar-refractivity contribution in [2.24, 2.45) is 11.8 Å². The Balaban J connectivity index is 2.01. The van der Waals surface area contributed by atoms with Gasteiger partial charge in [0.15, 0.2) is 0 Å². The van der Waals surface area contributed by atoms with Gasteiger partial charge in [0.25, 0.3) is 0 Å². The van der Waals surface area contributed by atoms with Crippen molar-refractivity contribution in [3.8, 4) is 0 Å². The van der Waals surface area contributed by atoms with Gasteiger partial charge in [-0.25, -0.2) is 0 Å². The number of carbonyl (C=O) groups excluding carboxylic acids is 1. The summed E-state index contributed by atoms with van der Waals surface area (Å²) in [6.07, 6.45) is 7.14. The molecule has 124 valence electrons. The van der Waals surface area contributed by atoms with Crippen LogP contribution < -0.4 is 0 Å². The van der Waals surface area contributed by atoms with E-state index in [0.717, 1.165) is 25.2 Å². The molecule has 0 bridgehead atoms. The predicted octanol–water partition coefficient (Wildman–Crippen LogP) is 5.41. The molecule has 0 fully saturated rings. The molecular weight excluding hydrogens is 272 g/mol. The van der Waals surface area contributed by atoms with Crippen LogP contribution in [0.3, 0.4) is 0 Å². The Labute approximate surface area is 136 Å². The van der Waals surface area contributed by atoms with Crippen LogP contribution in [0.2, 0.25) is 0 Å². The minimum absolute atomic E-state index is 0.0506. The Hall–Kier alpha value is -1.31. The topological polar surface area (TPSA) is 26.3 Å². The zero-order chi connectivity index (χ0) is 16.2. The molecule has 1 atom stereocenters. The van der Waals surface area contributed by atoms with Crippen molar-refractivity contribution in [2.75, 3.05) is 6.61 Å². The number of aryl methyl sites for hydroxylation is 1. The monoisotopic (exact) mass is 304 g/mol. The van der Waals surface area contributed by atoms with Crippen LogP contribution in [0.15, 0.2) is 30.3 Å². The Morgan fingerprint density at radius 1 is 1.00 bits per heavy atom. The third-order valence-corrected chi connectivity index (χ3v) is 4.04. The first kappa shape index (κ1) is 18.7. The van der Waals surface area contributed by atoms with Gasteiger partial charge < -0.3 is 4.74 Å². The summed E-state index contributed by atoms with van der Waals surface area (Å²) in [4.78, 5) is 11.7. The van der Waals surface area contributed by atoms with Gasteiger partial charge in [0.05, 0.1) is 6.61 Å². The molecule has 0 radical (unpaired) electrons. The standard InChI is InChI=1S/C20H32O2/c1-17(2)9-7-10-18(3)15-16-22-20(21)14-8-13-19-11-5-4-6-12-19/h4-6,11-12,17-18H,7-10,13-16H2,1-3H3. The third-order valence-electron chi connectivity index (χ3n) is 4.04. The van der Waals surface area contributed by atoms with Crippen molar-refractivity contribution >= 4 is 5.97 Å². The molecule has 0 aliphatic rings. The number of carbonyl (C=O) groups is 1. The molecule has 1 aromatic rings. The number of ether oxygens (including phenoxy) is 1. The summed E-state index contributed by atoms with van der Waals surface area (Å²) in [5, 5.41) is 0. The molecule has 22 heavy (non-hydrogen) atoms. The molecule has 0 aliphatic heterocycles. The summed E-state index contributed by atoms with van der Waals surface area (Å²) >= 11 is 0. The summed E-state index contributed by atoms with van der Waals surface area (Å²) in [6.45, 7) is 7.36. The van der Waals surface area contributed by atoms with E-state index in [1.807, 2.05) is 18.2 Å². The van der Waals surface area contributed by atoms with E-state index in [-0.39, 0.29) is 5.97 Å². The van der Waals surface area contributed by atoms with Gasteiger partial charge in [-0.05, 0) is 36.7 Å². The van der Waals surface area contributed by atoms with Crippen molar-refractivity contribution in [2.45, 2.75) is 65.7 Å². The molecule has 0 N–H and O–H groups in total. The molecular formula is C20H32O2. The van der Waals surface area contributed by atoms with Gasteiger partial charge in [0.2, 0.25) is 0 Å². The average molecular weight is 304 g/mol. The molecule has 0 spiro atoms. The summed E-state index contributed by atoms with van der Waals surface area (Å²) in [5.41, 5.74) is 1.29. The lowest BCUT2D eigenvalue weighted by Gasteiger charge is -2.12. The number of hydrogen-bond donors (Lipinski definition) is 0. The Morgan fingerprint density at radius 2 is 1.73 bits per heavy atom. The van der Waals surface area contributed by atoms with E-state index in [1.54, 1.807) is 0 Å². The maximum atomic E-state index is 11.7. The second-order valence-corrected chi connectivity index (χ2v) is 6.78. The van der Waals surface area contributed by atoms with E-state index in [0.29, 0.717) is 18.9 Å². The number of esters is 1. The summed E-state index contributed by atoms with van der Waals surface area (Å²) < 4.78 is 5.34. The fourth-order valence-electron chi connectivity index (χ4n) is 2.55. The lowest BCUT2D eigenvalue weighted by atomic mass is 9.98. The predicted molar refractivity (Wildman–Crippen MR) is 92.8 cm³/mol. The van der Waals surface area contributed by atoms with E-state index in [9.17, 15) is 4.79 Å². The van der Waals surface area contributed by atoms with Gasteiger partial charge in [0, 0.05) is 6.42 Å². The molecule has 0 aliphatic carbocycles. The number of benzene rings is 1. The van der Waals surface area contributed by atoms with Crippen molar-refractivity contribution in [3.63, 3.8) is 0 Å². The maximum absolute atomic E-state index is 11.7. The second-order valence-electron chi connectivity index (χ2n) is 6.78. The van der Waals surface area contributed by atoms with Crippen molar-refractivity contribution in [1.82, 2.24) is 0 Å². The van der Waals surface area contributed by atoms with E-state index < -0.39 is 0 Å². The van der Waals surface area contributed by atoms with E-state index in [2.05, 4.69) is 32.9 Å². The molecule has 1 aromatic carbocycles. The van der Waals surface area contributed by atoms with Crippen molar-refractivity contribution in [1.29, 1.82) is 0 Å². The van der Waals surface area contributed by atoms with E-state index in [1.165, 1.54) is 24.8 Å². The van der Waals surface area contributed by atoms with Gasteiger partial charge in [-0.2, -0.15) is 0 Å². The first-order valence-electron chi connectivity index (χ1n) is 8.77. The smallest absolute Gasteiger partial charge is 0.305 e. The zero-order valence-electron chi connectivity index (χ0n) is 14.5. The fourth-order valence-corrected chi connectivity index (χ4v) is 2.55. The minimum Gasteiger partial charge on any atom is -0.466 e. The zero-order valence-corrected chi connectivity index (χ0v) is 14.5. The minimum atomic E-state index is -0.0506. The van der Waals surface area contributed by atoms with Crippen LogP contribution in [0, 0.1) is 11.8 Å². The molecule has 1 rings (SSSR count). The van der Waals surface area contributed by atoms with Crippen LogP contribution in [0.25, 0.3) is 0 Å². The molecule has 1 unspecified atom stereocenters. The number of rotatable bonds is 11.